The molecule has 1 N–H and O–H groups in total. The highest BCUT2D eigenvalue weighted by molar-refractivity contribution is 5.97. The number of rotatable bonds is 8. The van der Waals surface area contributed by atoms with E-state index in [0.29, 0.717) is 36.7 Å². The predicted molar refractivity (Wildman–Crippen MR) is 118 cm³/mol. The Labute approximate surface area is 178 Å². The van der Waals surface area contributed by atoms with Gasteiger partial charge in [0, 0.05) is 26.4 Å². The van der Waals surface area contributed by atoms with Gasteiger partial charge in [-0.15, -0.1) is 0 Å². The Morgan fingerprint density at radius 3 is 2.55 bits per heavy atom. The van der Waals surface area contributed by atoms with Crippen LogP contribution in [-0.2, 0) is 36.6 Å². The number of aryl methyl sites for hydroxylation is 3. The number of ether oxygens (including phenoxy) is 1. The lowest BCUT2D eigenvalue weighted by atomic mass is 10.1. The van der Waals surface area contributed by atoms with Crippen molar-refractivity contribution in [2.45, 2.75) is 33.2 Å². The lowest BCUT2D eigenvalue weighted by Crippen LogP contribution is -2.37. The molecule has 10 nitrogen and oxygen atoms in total. The van der Waals surface area contributed by atoms with Crippen molar-refractivity contribution in [1.82, 2.24) is 18.7 Å². The van der Waals surface area contributed by atoms with Gasteiger partial charge in [-0.25, -0.2) is 10.2 Å². The second kappa shape index (κ2) is 9.41. The molecule has 0 aliphatic rings. The minimum absolute atomic E-state index is 0.0331. The quantitative estimate of drug-likeness (QED) is 0.331. The van der Waals surface area contributed by atoms with E-state index in [1.165, 1.54) is 11.6 Å². The molecule has 2 aromatic heterocycles. The molecule has 0 radical (unpaired) electrons. The van der Waals surface area contributed by atoms with Gasteiger partial charge in [-0.05, 0) is 25.8 Å². The summed E-state index contributed by atoms with van der Waals surface area (Å²) >= 11 is 0. The molecule has 0 saturated heterocycles. The van der Waals surface area contributed by atoms with Crippen molar-refractivity contribution in [3.8, 4) is 0 Å². The summed E-state index contributed by atoms with van der Waals surface area (Å²) in [6.45, 7) is 4.17. The average Bonchev–Trinajstić information content (AvgIpc) is 3.12. The summed E-state index contributed by atoms with van der Waals surface area (Å²) in [6.07, 6.45) is 0.684. The maximum Gasteiger partial charge on any atom is 0.332 e. The number of hydrazone groups is 1. The number of aromatic nitrogens is 4. The van der Waals surface area contributed by atoms with E-state index in [1.807, 2.05) is 30.3 Å². The standard InChI is InChI=1S/C21H26N6O4/c1-5-31-16(28)13-14(2)23-24-20-22-18-17(19(29)26(4)21(30)25(18)3)27(20)12-11-15-9-7-6-8-10-15/h6-10H,5,11-13H2,1-4H3,(H,22,24)/b23-14+. The van der Waals surface area contributed by atoms with Crippen molar-refractivity contribution in [2.75, 3.05) is 12.0 Å². The zero-order valence-corrected chi connectivity index (χ0v) is 18.1. The van der Waals surface area contributed by atoms with E-state index in [2.05, 4.69) is 15.5 Å². The first-order valence-corrected chi connectivity index (χ1v) is 9.98. The molecule has 1 aromatic carbocycles. The van der Waals surface area contributed by atoms with Gasteiger partial charge in [-0.1, -0.05) is 30.3 Å². The number of carbonyl (C=O) groups excluding carboxylic acids is 1. The Morgan fingerprint density at radius 1 is 1.16 bits per heavy atom. The predicted octanol–water partition coefficient (Wildman–Crippen LogP) is 1.42. The fraction of sp³-hybridized carbons (Fsp3) is 0.381. The second-order valence-electron chi connectivity index (χ2n) is 7.14. The highest BCUT2D eigenvalue weighted by atomic mass is 16.5. The van der Waals surface area contributed by atoms with Gasteiger partial charge in [-0.3, -0.25) is 18.7 Å². The number of hydrogen-bond donors (Lipinski definition) is 1. The van der Waals surface area contributed by atoms with Gasteiger partial charge in [-0.2, -0.15) is 10.1 Å². The third-order valence-corrected chi connectivity index (χ3v) is 4.87. The van der Waals surface area contributed by atoms with Gasteiger partial charge < -0.3 is 9.30 Å². The molecule has 0 atom stereocenters. The number of nitrogens with zero attached hydrogens (tertiary/aromatic N) is 5. The fourth-order valence-corrected chi connectivity index (χ4v) is 3.24. The third-order valence-electron chi connectivity index (χ3n) is 4.87. The Bertz CT molecular complexity index is 1240. The third kappa shape index (κ3) is 4.73. The zero-order valence-electron chi connectivity index (χ0n) is 18.1. The summed E-state index contributed by atoms with van der Waals surface area (Å²) in [6, 6.07) is 9.84. The maximum atomic E-state index is 12.9. The number of fused-ring (bicyclic) bond motifs is 1. The van der Waals surface area contributed by atoms with Crippen molar-refractivity contribution < 1.29 is 9.53 Å². The molecule has 31 heavy (non-hydrogen) atoms. The number of hydrogen-bond acceptors (Lipinski definition) is 7. The Hall–Kier alpha value is -3.69. The zero-order chi connectivity index (χ0) is 22.5. The van der Waals surface area contributed by atoms with Gasteiger partial charge in [0.1, 0.15) is 0 Å². The van der Waals surface area contributed by atoms with Crippen molar-refractivity contribution in [3.63, 3.8) is 0 Å². The topological polar surface area (TPSA) is 113 Å². The van der Waals surface area contributed by atoms with Gasteiger partial charge in [0.05, 0.1) is 13.0 Å². The lowest BCUT2D eigenvalue weighted by molar-refractivity contribution is -0.141. The molecule has 0 spiro atoms. The summed E-state index contributed by atoms with van der Waals surface area (Å²) in [5.41, 5.74) is 4.13. The van der Waals surface area contributed by atoms with Crippen molar-refractivity contribution in [2.24, 2.45) is 19.2 Å². The van der Waals surface area contributed by atoms with Gasteiger partial charge >= 0.3 is 11.7 Å². The van der Waals surface area contributed by atoms with E-state index in [1.54, 1.807) is 25.5 Å². The summed E-state index contributed by atoms with van der Waals surface area (Å²) in [5.74, 6) is -0.0631. The molecule has 0 saturated carbocycles. The van der Waals surface area contributed by atoms with Crippen LogP contribution in [0.3, 0.4) is 0 Å². The molecule has 0 aliphatic heterocycles. The van der Waals surface area contributed by atoms with E-state index in [-0.39, 0.29) is 18.0 Å². The van der Waals surface area contributed by atoms with Crippen molar-refractivity contribution in [1.29, 1.82) is 0 Å². The normalized spacial score (nSPS) is 11.7. The molecule has 0 amide bonds. The van der Waals surface area contributed by atoms with E-state index in [9.17, 15) is 14.4 Å². The molecule has 10 heteroatoms. The summed E-state index contributed by atoms with van der Waals surface area (Å²) in [4.78, 5) is 41.3. The number of nitrogens with one attached hydrogen (secondary N) is 1. The SMILES string of the molecule is CCOC(=O)C/C(C)=N/Nc1nc2c(c(=O)n(C)c(=O)n2C)n1CCc1ccccc1. The summed E-state index contributed by atoms with van der Waals surface area (Å²) in [7, 11) is 3.01. The van der Waals surface area contributed by atoms with Gasteiger partial charge in [0.15, 0.2) is 11.2 Å². The van der Waals surface area contributed by atoms with E-state index in [0.717, 1.165) is 10.1 Å². The molecular formula is C21H26N6O4. The Balaban J connectivity index is 2.01. The number of benzene rings is 1. The molecular weight excluding hydrogens is 400 g/mol. The van der Waals surface area contributed by atoms with Crippen LogP contribution >= 0.6 is 0 Å². The van der Waals surface area contributed by atoms with Crippen LogP contribution in [0.1, 0.15) is 25.8 Å². The number of carbonyl (C=O) groups is 1. The lowest BCUT2D eigenvalue weighted by Gasteiger charge is -2.10. The molecule has 0 aliphatic carbocycles. The molecule has 2 heterocycles. The van der Waals surface area contributed by atoms with E-state index in [4.69, 9.17) is 4.74 Å². The highest BCUT2D eigenvalue weighted by Gasteiger charge is 2.19. The molecule has 3 rings (SSSR count). The Morgan fingerprint density at radius 2 is 1.87 bits per heavy atom. The highest BCUT2D eigenvalue weighted by Crippen LogP contribution is 2.17. The molecule has 3 aromatic rings. The Kier molecular flexibility index (Phi) is 6.68. The molecule has 0 unspecified atom stereocenters. The fourth-order valence-electron chi connectivity index (χ4n) is 3.24. The number of imidazole rings is 1. The minimum atomic E-state index is -0.459. The number of esters is 1. The average molecular weight is 426 g/mol. The first kappa shape index (κ1) is 22.0. The van der Waals surface area contributed by atoms with Gasteiger partial charge in [0.25, 0.3) is 5.56 Å². The molecule has 164 valence electrons. The smallest absolute Gasteiger partial charge is 0.332 e. The van der Waals surface area contributed by atoms with Crippen molar-refractivity contribution in [3.05, 3.63) is 56.7 Å². The first-order chi connectivity index (χ1) is 14.8. The minimum Gasteiger partial charge on any atom is -0.466 e. The molecule has 0 bridgehead atoms. The van der Waals surface area contributed by atoms with Crippen LogP contribution in [0.4, 0.5) is 5.95 Å². The second-order valence-corrected chi connectivity index (χ2v) is 7.14. The largest absolute Gasteiger partial charge is 0.466 e. The van der Waals surface area contributed by atoms with Crippen molar-refractivity contribution >= 4 is 28.8 Å². The van der Waals surface area contributed by atoms with Crippen LogP contribution in [0.15, 0.2) is 45.0 Å². The van der Waals surface area contributed by atoms with Crippen LogP contribution < -0.4 is 16.7 Å². The van der Waals surface area contributed by atoms with Crippen LogP contribution in [0.25, 0.3) is 11.2 Å². The number of anilines is 1. The summed E-state index contributed by atoms with van der Waals surface area (Å²) < 4.78 is 9.03. The van der Waals surface area contributed by atoms with E-state index >= 15 is 0 Å². The van der Waals surface area contributed by atoms with Crippen LogP contribution in [0.5, 0.6) is 0 Å². The summed E-state index contributed by atoms with van der Waals surface area (Å²) in [5, 5.41) is 4.22. The van der Waals surface area contributed by atoms with Crippen LogP contribution in [0.2, 0.25) is 0 Å². The van der Waals surface area contributed by atoms with Crippen LogP contribution in [-0.4, -0.2) is 37.0 Å². The first-order valence-electron chi connectivity index (χ1n) is 9.98. The monoisotopic (exact) mass is 426 g/mol. The van der Waals surface area contributed by atoms with E-state index < -0.39 is 11.2 Å². The molecule has 0 fully saturated rings. The van der Waals surface area contributed by atoms with Crippen LogP contribution in [0, 0.1) is 0 Å². The maximum absolute atomic E-state index is 12.9. The van der Waals surface area contributed by atoms with Gasteiger partial charge in [0.2, 0.25) is 5.95 Å².